The second kappa shape index (κ2) is 10.8. The van der Waals surface area contributed by atoms with E-state index in [0.717, 1.165) is 11.1 Å². The Bertz CT molecular complexity index is 1240. The quantitative estimate of drug-likeness (QED) is 0.478. The van der Waals surface area contributed by atoms with Crippen LogP contribution in [-0.4, -0.2) is 54.2 Å². The van der Waals surface area contributed by atoms with Crippen molar-refractivity contribution in [2.24, 2.45) is 0 Å². The van der Waals surface area contributed by atoms with Gasteiger partial charge in [-0.15, -0.1) is 11.8 Å². The molecule has 0 aliphatic carbocycles. The van der Waals surface area contributed by atoms with Gasteiger partial charge in [-0.3, -0.25) is 14.5 Å². The van der Waals surface area contributed by atoms with Crippen LogP contribution < -0.4 is 10.2 Å². The number of rotatable bonds is 7. The molecule has 1 aliphatic rings. The Hall–Kier alpha value is -3.17. The molecule has 2 heterocycles. The molecule has 0 saturated heterocycles. The van der Waals surface area contributed by atoms with Gasteiger partial charge in [0.1, 0.15) is 18.2 Å². The maximum absolute atomic E-state index is 15.1. The summed E-state index contributed by atoms with van der Waals surface area (Å²) >= 11 is 1.35. The number of amides is 2. The summed E-state index contributed by atoms with van der Waals surface area (Å²) in [4.78, 5) is 27.8. The molecule has 1 atom stereocenters. The van der Waals surface area contributed by atoms with Gasteiger partial charge in [-0.2, -0.15) is 5.10 Å². The van der Waals surface area contributed by atoms with Gasteiger partial charge in [0.2, 0.25) is 11.8 Å². The highest BCUT2D eigenvalue weighted by atomic mass is 32.2. The van der Waals surface area contributed by atoms with Gasteiger partial charge >= 0.3 is 0 Å². The highest BCUT2D eigenvalue weighted by molar-refractivity contribution is 8.00. The zero-order valence-corrected chi connectivity index (χ0v) is 21.8. The van der Waals surface area contributed by atoms with Crippen molar-refractivity contribution in [1.82, 2.24) is 15.1 Å². The number of halogens is 1. The Morgan fingerprint density at radius 2 is 1.86 bits per heavy atom. The van der Waals surface area contributed by atoms with Gasteiger partial charge in [0.15, 0.2) is 0 Å². The third-order valence-electron chi connectivity index (χ3n) is 5.89. The van der Waals surface area contributed by atoms with Gasteiger partial charge in [-0.1, -0.05) is 48.5 Å². The van der Waals surface area contributed by atoms with Gasteiger partial charge in [0, 0.05) is 30.3 Å². The van der Waals surface area contributed by atoms with Gasteiger partial charge in [0.05, 0.1) is 28.8 Å². The second-order valence-electron chi connectivity index (χ2n) is 9.57. The molecule has 7 nitrogen and oxygen atoms in total. The lowest BCUT2D eigenvalue weighted by Gasteiger charge is -2.28. The molecule has 0 radical (unpaired) electrons. The normalized spacial score (nSPS) is 16.0. The standard InChI is InChI=1S/C27H31FN4O3S/c1-27(2,3)32-26-23(24(30-32)18-10-6-5-7-11-18)25(19-12-8-9-13-20(19)28)36-17-22(34)31(26)16-21(33)29-14-15-35-4/h5-13,25H,14-17H2,1-4H3,(H,29,33)/t25-/m1/s1. The van der Waals surface area contributed by atoms with Crippen LogP contribution in [0.4, 0.5) is 10.2 Å². The van der Waals surface area contributed by atoms with Crippen molar-refractivity contribution in [3.63, 3.8) is 0 Å². The number of carbonyl (C=O) groups excluding carboxylic acids is 2. The number of methoxy groups -OCH3 is 1. The average molecular weight is 511 g/mol. The van der Waals surface area contributed by atoms with Gasteiger partial charge < -0.3 is 10.1 Å². The number of hydrogen-bond donors (Lipinski definition) is 1. The molecule has 0 fully saturated rings. The lowest BCUT2D eigenvalue weighted by atomic mass is 9.99. The van der Waals surface area contributed by atoms with E-state index >= 15 is 4.39 Å². The van der Waals surface area contributed by atoms with E-state index in [2.05, 4.69) is 5.32 Å². The van der Waals surface area contributed by atoms with E-state index in [0.29, 0.717) is 30.2 Å². The minimum absolute atomic E-state index is 0.0946. The van der Waals surface area contributed by atoms with Crippen molar-refractivity contribution in [3.8, 4) is 11.3 Å². The number of anilines is 1. The summed E-state index contributed by atoms with van der Waals surface area (Å²) in [5.74, 6) is -0.263. The number of aromatic nitrogens is 2. The number of benzene rings is 2. The molecular formula is C27H31FN4O3S. The molecule has 36 heavy (non-hydrogen) atoms. The van der Waals surface area contributed by atoms with E-state index in [-0.39, 0.29) is 29.9 Å². The number of carbonyl (C=O) groups is 2. The second-order valence-corrected chi connectivity index (χ2v) is 10.7. The van der Waals surface area contributed by atoms with Crippen LogP contribution in [0.25, 0.3) is 11.3 Å². The molecule has 1 N–H and O–H groups in total. The number of fused-ring (bicyclic) bond motifs is 1. The van der Waals surface area contributed by atoms with Crippen molar-refractivity contribution in [3.05, 3.63) is 71.5 Å². The van der Waals surface area contributed by atoms with Crippen LogP contribution >= 0.6 is 11.8 Å². The smallest absolute Gasteiger partial charge is 0.240 e. The average Bonchev–Trinajstić information content (AvgIpc) is 3.19. The van der Waals surface area contributed by atoms with Gasteiger partial charge in [0.25, 0.3) is 0 Å². The molecule has 2 aromatic carbocycles. The van der Waals surface area contributed by atoms with Crippen molar-refractivity contribution in [1.29, 1.82) is 0 Å². The Balaban J connectivity index is 1.95. The van der Waals surface area contributed by atoms with E-state index in [9.17, 15) is 9.59 Å². The summed E-state index contributed by atoms with van der Waals surface area (Å²) in [6, 6.07) is 16.3. The molecule has 1 aromatic heterocycles. The van der Waals surface area contributed by atoms with Crippen molar-refractivity contribution in [2.45, 2.75) is 31.6 Å². The first kappa shape index (κ1) is 25.9. The number of ether oxygens (including phenoxy) is 1. The fourth-order valence-corrected chi connectivity index (χ4v) is 5.44. The number of nitrogens with one attached hydrogen (secondary N) is 1. The third kappa shape index (κ3) is 5.32. The van der Waals surface area contributed by atoms with E-state index in [1.807, 2.05) is 51.1 Å². The van der Waals surface area contributed by atoms with E-state index in [4.69, 9.17) is 9.84 Å². The minimum Gasteiger partial charge on any atom is -0.383 e. The summed E-state index contributed by atoms with van der Waals surface area (Å²) in [5.41, 5.74) is 2.21. The van der Waals surface area contributed by atoms with Crippen molar-refractivity contribution < 1.29 is 18.7 Å². The number of nitrogens with zero attached hydrogens (tertiary/aromatic N) is 3. The zero-order chi connectivity index (χ0) is 25.9. The largest absolute Gasteiger partial charge is 0.383 e. The van der Waals surface area contributed by atoms with Crippen LogP contribution in [0.2, 0.25) is 0 Å². The fourth-order valence-electron chi connectivity index (χ4n) is 4.22. The topological polar surface area (TPSA) is 76.5 Å². The summed E-state index contributed by atoms with van der Waals surface area (Å²) in [7, 11) is 1.56. The van der Waals surface area contributed by atoms with E-state index < -0.39 is 10.8 Å². The molecule has 190 valence electrons. The van der Waals surface area contributed by atoms with Gasteiger partial charge in [-0.05, 0) is 26.8 Å². The number of thioether (sulfide) groups is 1. The van der Waals surface area contributed by atoms with Crippen LogP contribution in [0.1, 0.15) is 37.1 Å². The maximum Gasteiger partial charge on any atom is 0.240 e. The Morgan fingerprint density at radius 1 is 1.17 bits per heavy atom. The molecule has 0 bridgehead atoms. The molecule has 0 spiro atoms. The highest BCUT2D eigenvalue weighted by Gasteiger charge is 2.40. The Morgan fingerprint density at radius 3 is 2.53 bits per heavy atom. The third-order valence-corrected chi connectivity index (χ3v) is 7.13. The molecule has 1 aliphatic heterocycles. The minimum atomic E-state index is -0.517. The molecule has 0 unspecified atom stereocenters. The van der Waals surface area contributed by atoms with Gasteiger partial charge in [-0.25, -0.2) is 9.07 Å². The predicted octanol–water partition coefficient (Wildman–Crippen LogP) is 4.38. The molecule has 9 heteroatoms. The summed E-state index contributed by atoms with van der Waals surface area (Å²) in [6.07, 6.45) is 0. The van der Waals surface area contributed by atoms with Crippen LogP contribution in [0.3, 0.4) is 0 Å². The van der Waals surface area contributed by atoms with Crippen molar-refractivity contribution >= 4 is 29.4 Å². The first-order valence-corrected chi connectivity index (χ1v) is 12.9. The molecule has 4 rings (SSSR count). The monoisotopic (exact) mass is 510 g/mol. The lowest BCUT2D eigenvalue weighted by molar-refractivity contribution is -0.123. The first-order chi connectivity index (χ1) is 17.2. The zero-order valence-electron chi connectivity index (χ0n) is 21.0. The van der Waals surface area contributed by atoms with Crippen LogP contribution in [-0.2, 0) is 19.9 Å². The lowest BCUT2D eigenvalue weighted by Crippen LogP contribution is -2.44. The van der Waals surface area contributed by atoms with Crippen LogP contribution in [0, 0.1) is 5.82 Å². The molecule has 2 amide bonds. The van der Waals surface area contributed by atoms with Crippen LogP contribution in [0.5, 0.6) is 0 Å². The molecular weight excluding hydrogens is 479 g/mol. The molecule has 3 aromatic rings. The maximum atomic E-state index is 15.1. The first-order valence-electron chi connectivity index (χ1n) is 11.8. The highest BCUT2D eigenvalue weighted by Crippen LogP contribution is 2.49. The Kier molecular flexibility index (Phi) is 7.80. The summed E-state index contributed by atoms with van der Waals surface area (Å²) < 4.78 is 22.0. The Labute approximate surface area is 215 Å². The fraction of sp³-hybridized carbons (Fsp3) is 0.370. The van der Waals surface area contributed by atoms with E-state index in [1.165, 1.54) is 22.7 Å². The summed E-state index contributed by atoms with van der Waals surface area (Å²) in [6.45, 7) is 6.51. The van der Waals surface area contributed by atoms with Crippen LogP contribution in [0.15, 0.2) is 54.6 Å². The van der Waals surface area contributed by atoms with E-state index in [1.54, 1.807) is 30.0 Å². The molecule has 0 saturated carbocycles. The number of hydrogen-bond acceptors (Lipinski definition) is 5. The summed E-state index contributed by atoms with van der Waals surface area (Å²) in [5, 5.41) is 7.29. The SMILES string of the molecule is COCCNC(=O)CN1C(=O)CS[C@H](c2ccccc2F)c2c(-c3ccccc3)nn(C(C)(C)C)c21. The predicted molar refractivity (Wildman–Crippen MR) is 141 cm³/mol. The van der Waals surface area contributed by atoms with Crippen molar-refractivity contribution in [2.75, 3.05) is 37.5 Å².